The van der Waals surface area contributed by atoms with Gasteiger partial charge in [-0.3, -0.25) is 0 Å². The van der Waals surface area contributed by atoms with E-state index >= 15 is 0 Å². The molecule has 0 amide bonds. The topological polar surface area (TPSA) is 91.7 Å². The number of anilines is 1. The summed E-state index contributed by atoms with van der Waals surface area (Å²) in [5.74, 6) is -0.665. The first-order chi connectivity index (χ1) is 8.15. The van der Waals surface area contributed by atoms with Crippen LogP contribution in [0.25, 0.3) is 0 Å². The standard InChI is InChI=1S/C10H13ClN2O4/c11-8-5-7(10(15)16)6-13-9(8)12-1-3-17-4-2-14/h5-6,14H,1-4H2,(H,12,13)(H,15,16). The van der Waals surface area contributed by atoms with Gasteiger partial charge in [0, 0.05) is 12.7 Å². The molecule has 1 aromatic heterocycles. The summed E-state index contributed by atoms with van der Waals surface area (Å²) in [5, 5.41) is 20.3. The number of nitrogens with one attached hydrogen (secondary N) is 1. The van der Waals surface area contributed by atoms with Crippen molar-refractivity contribution in [2.45, 2.75) is 0 Å². The van der Waals surface area contributed by atoms with Crippen molar-refractivity contribution < 1.29 is 19.7 Å². The van der Waals surface area contributed by atoms with Crippen LogP contribution >= 0.6 is 11.6 Å². The number of nitrogens with zero attached hydrogens (tertiary/aromatic N) is 1. The third kappa shape index (κ3) is 4.56. The minimum Gasteiger partial charge on any atom is -0.478 e. The first-order valence-electron chi connectivity index (χ1n) is 4.96. The number of carboxylic acid groups (broad SMARTS) is 1. The van der Waals surface area contributed by atoms with Crippen molar-refractivity contribution in [2.75, 3.05) is 31.7 Å². The smallest absolute Gasteiger partial charge is 0.337 e. The number of pyridine rings is 1. The zero-order valence-corrected chi connectivity index (χ0v) is 9.78. The average molecular weight is 261 g/mol. The molecule has 0 radical (unpaired) electrons. The van der Waals surface area contributed by atoms with Gasteiger partial charge in [-0.2, -0.15) is 0 Å². The molecule has 1 aromatic rings. The zero-order chi connectivity index (χ0) is 12.7. The zero-order valence-electron chi connectivity index (χ0n) is 9.02. The fourth-order valence-electron chi connectivity index (χ4n) is 1.09. The largest absolute Gasteiger partial charge is 0.478 e. The molecule has 0 saturated carbocycles. The number of ether oxygens (including phenoxy) is 1. The SMILES string of the molecule is O=C(O)c1cnc(NCCOCCO)c(Cl)c1. The van der Waals surface area contributed by atoms with E-state index in [0.29, 0.717) is 19.0 Å². The highest BCUT2D eigenvalue weighted by Gasteiger charge is 2.07. The van der Waals surface area contributed by atoms with Crippen LogP contribution in [0.3, 0.4) is 0 Å². The summed E-state index contributed by atoms with van der Waals surface area (Å²) in [6.07, 6.45) is 1.23. The van der Waals surface area contributed by atoms with Crippen molar-refractivity contribution in [3.05, 3.63) is 22.8 Å². The molecule has 1 heterocycles. The van der Waals surface area contributed by atoms with Crippen LogP contribution in [0, 0.1) is 0 Å². The maximum atomic E-state index is 10.6. The van der Waals surface area contributed by atoms with Gasteiger partial charge in [0.15, 0.2) is 0 Å². The maximum Gasteiger partial charge on any atom is 0.337 e. The summed E-state index contributed by atoms with van der Waals surface area (Å²) >= 11 is 5.84. The molecule has 1 rings (SSSR count). The van der Waals surface area contributed by atoms with Crippen LogP contribution in [0.1, 0.15) is 10.4 Å². The van der Waals surface area contributed by atoms with Gasteiger partial charge in [-0.25, -0.2) is 9.78 Å². The minimum atomic E-state index is -1.07. The molecule has 0 bridgehead atoms. The van der Waals surface area contributed by atoms with Crippen LogP contribution in [-0.2, 0) is 4.74 Å². The Labute approximate surface area is 103 Å². The Morgan fingerprint density at radius 2 is 2.29 bits per heavy atom. The number of rotatable bonds is 7. The number of aliphatic hydroxyl groups is 1. The van der Waals surface area contributed by atoms with E-state index in [0.717, 1.165) is 0 Å². The van der Waals surface area contributed by atoms with E-state index in [9.17, 15) is 4.79 Å². The first kappa shape index (κ1) is 13.7. The van der Waals surface area contributed by atoms with Gasteiger partial charge in [0.05, 0.1) is 30.4 Å². The van der Waals surface area contributed by atoms with Gasteiger partial charge in [0.1, 0.15) is 5.82 Å². The third-order valence-corrected chi connectivity index (χ3v) is 2.15. The average Bonchev–Trinajstić information content (AvgIpc) is 2.30. The van der Waals surface area contributed by atoms with Crippen molar-refractivity contribution >= 4 is 23.4 Å². The van der Waals surface area contributed by atoms with Crippen LogP contribution in [0.5, 0.6) is 0 Å². The van der Waals surface area contributed by atoms with Crippen LogP contribution in [0.4, 0.5) is 5.82 Å². The molecule has 0 spiro atoms. The highest BCUT2D eigenvalue weighted by Crippen LogP contribution is 2.19. The lowest BCUT2D eigenvalue weighted by atomic mass is 10.3. The Morgan fingerprint density at radius 3 is 2.88 bits per heavy atom. The van der Waals surface area contributed by atoms with Crippen molar-refractivity contribution in [3.8, 4) is 0 Å². The summed E-state index contributed by atoms with van der Waals surface area (Å²) in [6, 6.07) is 1.33. The minimum absolute atomic E-state index is 0.0215. The quantitative estimate of drug-likeness (QED) is 0.630. The number of halogens is 1. The van der Waals surface area contributed by atoms with Gasteiger partial charge >= 0.3 is 5.97 Å². The van der Waals surface area contributed by atoms with Crippen molar-refractivity contribution in [2.24, 2.45) is 0 Å². The molecule has 0 aliphatic rings. The number of carboxylic acids is 1. The molecule has 17 heavy (non-hydrogen) atoms. The monoisotopic (exact) mass is 260 g/mol. The molecule has 0 aliphatic carbocycles. The van der Waals surface area contributed by atoms with Crippen LogP contribution < -0.4 is 5.32 Å². The summed E-state index contributed by atoms with van der Waals surface area (Å²) in [6.45, 7) is 1.13. The second-order valence-corrected chi connectivity index (χ2v) is 3.53. The van der Waals surface area contributed by atoms with Crippen LogP contribution in [0.15, 0.2) is 12.3 Å². The summed E-state index contributed by atoms with van der Waals surface area (Å²) in [5.41, 5.74) is 0.0390. The second kappa shape index (κ2) is 7.05. The molecule has 3 N–H and O–H groups in total. The van der Waals surface area contributed by atoms with Crippen LogP contribution in [-0.4, -0.2) is 47.5 Å². The van der Waals surface area contributed by atoms with E-state index in [1.165, 1.54) is 12.3 Å². The highest BCUT2D eigenvalue weighted by molar-refractivity contribution is 6.33. The number of hydrogen-bond acceptors (Lipinski definition) is 5. The van der Waals surface area contributed by atoms with E-state index < -0.39 is 5.97 Å². The Hall–Kier alpha value is -1.37. The predicted molar refractivity (Wildman–Crippen MR) is 62.6 cm³/mol. The molecule has 0 unspecified atom stereocenters. The maximum absolute atomic E-state index is 10.6. The molecule has 0 fully saturated rings. The highest BCUT2D eigenvalue weighted by atomic mass is 35.5. The fourth-order valence-corrected chi connectivity index (χ4v) is 1.33. The van der Waals surface area contributed by atoms with Crippen molar-refractivity contribution in [1.29, 1.82) is 0 Å². The molecule has 6 nitrogen and oxygen atoms in total. The Balaban J connectivity index is 2.46. The van der Waals surface area contributed by atoms with Crippen LogP contribution in [0.2, 0.25) is 5.02 Å². The lowest BCUT2D eigenvalue weighted by Crippen LogP contribution is -2.12. The van der Waals surface area contributed by atoms with E-state index in [1.54, 1.807) is 0 Å². The van der Waals surface area contributed by atoms with Crippen molar-refractivity contribution in [3.63, 3.8) is 0 Å². The number of aromatic carboxylic acids is 1. The molecule has 0 aliphatic heterocycles. The Morgan fingerprint density at radius 1 is 1.53 bits per heavy atom. The Kier molecular flexibility index (Phi) is 5.68. The normalized spacial score (nSPS) is 10.2. The molecule has 0 aromatic carbocycles. The van der Waals surface area contributed by atoms with E-state index in [2.05, 4.69) is 10.3 Å². The number of carbonyl (C=O) groups is 1. The lowest BCUT2D eigenvalue weighted by molar-refractivity contribution is 0.0696. The van der Waals surface area contributed by atoms with Gasteiger partial charge in [0.25, 0.3) is 0 Å². The van der Waals surface area contributed by atoms with Gasteiger partial charge < -0.3 is 20.3 Å². The molecule has 0 atom stereocenters. The van der Waals surface area contributed by atoms with Gasteiger partial charge in [-0.1, -0.05) is 11.6 Å². The lowest BCUT2D eigenvalue weighted by Gasteiger charge is -2.07. The Bertz CT molecular complexity index is 387. The number of hydrogen-bond donors (Lipinski definition) is 3. The molecular weight excluding hydrogens is 248 g/mol. The summed E-state index contributed by atoms with van der Waals surface area (Å²) < 4.78 is 5.03. The first-order valence-corrected chi connectivity index (χ1v) is 5.34. The van der Waals surface area contributed by atoms with E-state index in [4.69, 9.17) is 26.6 Å². The summed E-state index contributed by atoms with van der Waals surface area (Å²) in [4.78, 5) is 14.5. The van der Waals surface area contributed by atoms with Gasteiger partial charge in [-0.05, 0) is 6.07 Å². The molecule has 94 valence electrons. The van der Waals surface area contributed by atoms with E-state index in [1.807, 2.05) is 0 Å². The fraction of sp³-hybridized carbons (Fsp3) is 0.400. The van der Waals surface area contributed by atoms with E-state index in [-0.39, 0.29) is 23.8 Å². The summed E-state index contributed by atoms with van der Waals surface area (Å²) in [7, 11) is 0. The van der Waals surface area contributed by atoms with Gasteiger partial charge in [0.2, 0.25) is 0 Å². The van der Waals surface area contributed by atoms with Crippen molar-refractivity contribution in [1.82, 2.24) is 4.98 Å². The number of aromatic nitrogens is 1. The molecule has 7 heteroatoms. The molecule has 0 saturated heterocycles. The van der Waals surface area contributed by atoms with Gasteiger partial charge in [-0.15, -0.1) is 0 Å². The second-order valence-electron chi connectivity index (χ2n) is 3.12. The molecular formula is C10H13ClN2O4. The number of aliphatic hydroxyl groups excluding tert-OH is 1. The predicted octanol–water partition coefficient (Wildman–Crippen LogP) is 0.854. The third-order valence-electron chi connectivity index (χ3n) is 1.86.